The molecule has 0 amide bonds. The van der Waals surface area contributed by atoms with E-state index in [1.165, 1.54) is 5.56 Å². The van der Waals surface area contributed by atoms with E-state index in [0.717, 1.165) is 22.7 Å². The molecule has 0 unspecified atom stereocenters. The molecule has 98 valence electrons. The number of aromatic nitrogens is 6. The summed E-state index contributed by atoms with van der Waals surface area (Å²) >= 11 is 0. The van der Waals surface area contributed by atoms with Crippen LogP contribution in [0.25, 0.3) is 16.9 Å². The van der Waals surface area contributed by atoms with Crippen LogP contribution in [0, 0.1) is 6.92 Å². The van der Waals surface area contributed by atoms with Crippen molar-refractivity contribution in [2.45, 2.75) is 26.7 Å². The fourth-order valence-electron chi connectivity index (χ4n) is 2.26. The summed E-state index contributed by atoms with van der Waals surface area (Å²) in [4.78, 5) is 4.72. The first-order valence-electron chi connectivity index (χ1n) is 6.29. The van der Waals surface area contributed by atoms with E-state index in [9.17, 15) is 0 Å². The van der Waals surface area contributed by atoms with Gasteiger partial charge in [0.1, 0.15) is 0 Å². The van der Waals surface area contributed by atoms with Crippen LogP contribution in [0.3, 0.4) is 0 Å². The summed E-state index contributed by atoms with van der Waals surface area (Å²) in [7, 11) is 2.04. The van der Waals surface area contributed by atoms with Crippen LogP contribution in [-0.4, -0.2) is 29.8 Å². The Kier molecular flexibility index (Phi) is 2.58. The van der Waals surface area contributed by atoms with Gasteiger partial charge in [-0.15, -0.1) is 5.10 Å². The van der Waals surface area contributed by atoms with E-state index < -0.39 is 0 Å². The highest BCUT2D eigenvalue weighted by molar-refractivity contribution is 5.81. The maximum atomic E-state index is 4.72. The molecule has 0 aromatic carbocycles. The van der Waals surface area contributed by atoms with Crippen molar-refractivity contribution in [1.29, 1.82) is 0 Å². The Labute approximate surface area is 111 Å². The standard InChI is InChI=1S/C13H16N6/c1-8(2)10-7-18(4)11-5-6-12(14-13(10)11)19-9(3)15-16-17-19/h5-8H,1-4H3. The molecule has 6 nitrogen and oxygen atoms in total. The monoisotopic (exact) mass is 256 g/mol. The molecule has 3 rings (SSSR count). The normalized spacial score (nSPS) is 11.6. The lowest BCUT2D eigenvalue weighted by molar-refractivity contribution is 0.762. The molecule has 0 aliphatic heterocycles. The zero-order valence-electron chi connectivity index (χ0n) is 11.5. The minimum atomic E-state index is 0.432. The molecular formula is C13H16N6. The Morgan fingerprint density at radius 2 is 2.00 bits per heavy atom. The number of rotatable bonds is 2. The van der Waals surface area contributed by atoms with Gasteiger partial charge in [-0.25, -0.2) is 4.98 Å². The van der Waals surface area contributed by atoms with Gasteiger partial charge in [0, 0.05) is 13.2 Å². The fourth-order valence-corrected chi connectivity index (χ4v) is 2.26. The molecule has 0 saturated heterocycles. The van der Waals surface area contributed by atoms with Gasteiger partial charge in [-0.2, -0.15) is 4.68 Å². The van der Waals surface area contributed by atoms with Crippen molar-refractivity contribution in [3.63, 3.8) is 0 Å². The summed E-state index contributed by atoms with van der Waals surface area (Å²) in [5.41, 5.74) is 3.38. The molecule has 0 spiro atoms. The molecule has 0 aliphatic carbocycles. The third-order valence-corrected chi connectivity index (χ3v) is 3.31. The van der Waals surface area contributed by atoms with Crippen LogP contribution in [0.5, 0.6) is 0 Å². The Bertz CT molecular complexity index is 737. The second-order valence-electron chi connectivity index (χ2n) is 5.03. The predicted octanol–water partition coefficient (Wildman–Crippen LogP) is 1.98. The molecule has 0 radical (unpaired) electrons. The first kappa shape index (κ1) is 11.8. The quantitative estimate of drug-likeness (QED) is 0.703. The minimum Gasteiger partial charge on any atom is -0.349 e. The summed E-state index contributed by atoms with van der Waals surface area (Å²) in [6, 6.07) is 4.00. The molecule has 0 fully saturated rings. The number of aryl methyl sites for hydroxylation is 2. The van der Waals surface area contributed by atoms with E-state index >= 15 is 0 Å². The molecule has 0 saturated carbocycles. The van der Waals surface area contributed by atoms with Crippen LogP contribution in [0.1, 0.15) is 31.2 Å². The van der Waals surface area contributed by atoms with Crippen molar-refractivity contribution in [2.75, 3.05) is 0 Å². The summed E-state index contributed by atoms with van der Waals surface area (Å²) in [6.07, 6.45) is 2.14. The second-order valence-corrected chi connectivity index (χ2v) is 5.03. The Hall–Kier alpha value is -2.24. The van der Waals surface area contributed by atoms with E-state index in [4.69, 9.17) is 4.98 Å². The highest BCUT2D eigenvalue weighted by Gasteiger charge is 2.13. The first-order chi connectivity index (χ1) is 9.08. The third-order valence-electron chi connectivity index (χ3n) is 3.31. The van der Waals surface area contributed by atoms with Gasteiger partial charge in [-0.3, -0.25) is 0 Å². The maximum Gasteiger partial charge on any atom is 0.158 e. The van der Waals surface area contributed by atoms with E-state index in [2.05, 4.69) is 46.2 Å². The number of tetrazole rings is 1. The molecule has 0 atom stereocenters. The van der Waals surface area contributed by atoms with Gasteiger partial charge in [-0.1, -0.05) is 13.8 Å². The molecule has 6 heteroatoms. The minimum absolute atomic E-state index is 0.432. The molecule has 0 bridgehead atoms. The van der Waals surface area contributed by atoms with Crippen molar-refractivity contribution in [2.24, 2.45) is 7.05 Å². The van der Waals surface area contributed by atoms with Gasteiger partial charge in [-0.05, 0) is 41.0 Å². The third kappa shape index (κ3) is 1.80. The van der Waals surface area contributed by atoms with E-state index in [1.54, 1.807) is 4.68 Å². The number of fused-ring (bicyclic) bond motifs is 1. The van der Waals surface area contributed by atoms with E-state index in [-0.39, 0.29) is 0 Å². The van der Waals surface area contributed by atoms with Gasteiger partial charge < -0.3 is 4.57 Å². The van der Waals surface area contributed by atoms with Crippen molar-refractivity contribution in [3.8, 4) is 5.82 Å². The topological polar surface area (TPSA) is 61.4 Å². The predicted molar refractivity (Wildman–Crippen MR) is 72.3 cm³/mol. The van der Waals surface area contributed by atoms with Gasteiger partial charge in [0.25, 0.3) is 0 Å². The van der Waals surface area contributed by atoms with E-state index in [0.29, 0.717) is 5.92 Å². The van der Waals surface area contributed by atoms with Gasteiger partial charge in [0.15, 0.2) is 11.6 Å². The maximum absolute atomic E-state index is 4.72. The van der Waals surface area contributed by atoms with Crippen molar-refractivity contribution >= 4 is 11.0 Å². The van der Waals surface area contributed by atoms with Crippen molar-refractivity contribution < 1.29 is 0 Å². The number of pyridine rings is 1. The van der Waals surface area contributed by atoms with Crippen LogP contribution in [0.2, 0.25) is 0 Å². The smallest absolute Gasteiger partial charge is 0.158 e. The highest BCUT2D eigenvalue weighted by Crippen LogP contribution is 2.26. The average molecular weight is 256 g/mol. The Morgan fingerprint density at radius 1 is 1.21 bits per heavy atom. The van der Waals surface area contributed by atoms with Crippen LogP contribution in [-0.2, 0) is 7.05 Å². The Morgan fingerprint density at radius 3 is 2.63 bits per heavy atom. The van der Waals surface area contributed by atoms with Gasteiger partial charge in [0.2, 0.25) is 0 Å². The average Bonchev–Trinajstić information content (AvgIpc) is 2.93. The van der Waals surface area contributed by atoms with Crippen LogP contribution < -0.4 is 0 Å². The molecule has 19 heavy (non-hydrogen) atoms. The fraction of sp³-hybridized carbons (Fsp3) is 0.385. The summed E-state index contributed by atoms with van der Waals surface area (Å²) < 4.78 is 3.75. The van der Waals surface area contributed by atoms with Crippen molar-refractivity contribution in [3.05, 3.63) is 29.7 Å². The SMILES string of the molecule is Cc1nnnn1-c1ccc2c(n1)c(C(C)C)cn2C. The zero-order valence-corrected chi connectivity index (χ0v) is 11.5. The summed E-state index contributed by atoms with van der Waals surface area (Å²) in [6.45, 7) is 6.21. The molecule has 3 aromatic heterocycles. The lowest BCUT2D eigenvalue weighted by Gasteiger charge is -2.04. The van der Waals surface area contributed by atoms with Crippen molar-refractivity contribution in [1.82, 2.24) is 29.8 Å². The second kappa shape index (κ2) is 4.15. The van der Waals surface area contributed by atoms with Crippen LogP contribution in [0.4, 0.5) is 0 Å². The lowest BCUT2D eigenvalue weighted by Crippen LogP contribution is -2.02. The van der Waals surface area contributed by atoms with Crippen LogP contribution in [0.15, 0.2) is 18.3 Å². The molecular weight excluding hydrogens is 240 g/mol. The van der Waals surface area contributed by atoms with Crippen LogP contribution >= 0.6 is 0 Å². The number of hydrogen-bond donors (Lipinski definition) is 0. The summed E-state index contributed by atoms with van der Waals surface area (Å²) in [5.74, 6) is 1.92. The zero-order chi connectivity index (χ0) is 13.6. The molecule has 3 heterocycles. The molecule has 0 aliphatic rings. The number of nitrogens with zero attached hydrogens (tertiary/aromatic N) is 6. The van der Waals surface area contributed by atoms with Gasteiger partial charge >= 0.3 is 0 Å². The Balaban J connectivity index is 2.25. The number of hydrogen-bond acceptors (Lipinski definition) is 4. The lowest BCUT2D eigenvalue weighted by atomic mass is 10.1. The first-order valence-corrected chi connectivity index (χ1v) is 6.29. The largest absolute Gasteiger partial charge is 0.349 e. The molecule has 0 N–H and O–H groups in total. The highest BCUT2D eigenvalue weighted by atomic mass is 15.5. The molecule has 3 aromatic rings. The van der Waals surface area contributed by atoms with E-state index in [1.807, 2.05) is 20.0 Å². The van der Waals surface area contributed by atoms with Gasteiger partial charge in [0.05, 0.1) is 11.0 Å². The summed E-state index contributed by atoms with van der Waals surface area (Å²) in [5, 5.41) is 11.5.